The molecule has 32 heavy (non-hydrogen) atoms. The summed E-state index contributed by atoms with van der Waals surface area (Å²) in [5, 5.41) is 10.2. The lowest BCUT2D eigenvalue weighted by atomic mass is 10.2. The molecular weight excluding hydrogens is 473 g/mol. The van der Waals surface area contributed by atoms with Gasteiger partial charge in [-0.05, 0) is 37.5 Å². The summed E-state index contributed by atoms with van der Waals surface area (Å²) in [6.45, 7) is 1.68. The van der Waals surface area contributed by atoms with Crippen LogP contribution in [0.3, 0.4) is 0 Å². The van der Waals surface area contributed by atoms with Crippen molar-refractivity contribution >= 4 is 34.9 Å². The van der Waals surface area contributed by atoms with Crippen LogP contribution in [0.5, 0.6) is 0 Å². The van der Waals surface area contributed by atoms with Crippen LogP contribution in [-0.4, -0.2) is 25.5 Å². The monoisotopic (exact) mass is 489 g/mol. The Bertz CT molecular complexity index is 1170. The number of nitrogens with zero attached hydrogens (tertiary/aromatic N) is 4. The second kappa shape index (κ2) is 8.40. The van der Waals surface area contributed by atoms with Crippen LogP contribution in [0, 0.1) is 5.82 Å². The Morgan fingerprint density at radius 3 is 2.59 bits per heavy atom. The average molecular weight is 490 g/mol. The van der Waals surface area contributed by atoms with Gasteiger partial charge in [-0.1, -0.05) is 29.3 Å². The van der Waals surface area contributed by atoms with Crippen LogP contribution in [0.2, 0.25) is 10.0 Å². The number of amides is 1. The largest absolute Gasteiger partial charge is 0.436 e. The lowest BCUT2D eigenvalue weighted by Gasteiger charge is -2.15. The summed E-state index contributed by atoms with van der Waals surface area (Å²) < 4.78 is 55.5. The Morgan fingerprint density at radius 1 is 1.25 bits per heavy atom. The highest BCUT2D eigenvalue weighted by Gasteiger charge is 2.43. The summed E-state index contributed by atoms with van der Waals surface area (Å²) in [6.07, 6.45) is -1.76. The number of aromatic nitrogens is 4. The normalized spacial score (nSPS) is 15.1. The van der Waals surface area contributed by atoms with Crippen molar-refractivity contribution in [3.05, 3.63) is 63.3 Å². The summed E-state index contributed by atoms with van der Waals surface area (Å²) in [7, 11) is 0. The molecule has 12 heteroatoms. The molecule has 0 aliphatic heterocycles. The summed E-state index contributed by atoms with van der Waals surface area (Å²) >= 11 is 12.0. The van der Waals surface area contributed by atoms with E-state index < -0.39 is 34.7 Å². The second-order valence-corrected chi connectivity index (χ2v) is 8.35. The van der Waals surface area contributed by atoms with E-state index in [4.69, 9.17) is 23.2 Å². The van der Waals surface area contributed by atoms with E-state index in [1.165, 1.54) is 35.9 Å². The molecule has 2 aromatic heterocycles. The van der Waals surface area contributed by atoms with Crippen LogP contribution in [0.1, 0.15) is 48.7 Å². The van der Waals surface area contributed by atoms with Crippen LogP contribution in [-0.2, 0) is 17.5 Å². The maximum absolute atomic E-state index is 13.3. The van der Waals surface area contributed by atoms with Crippen molar-refractivity contribution in [3.63, 3.8) is 0 Å². The van der Waals surface area contributed by atoms with E-state index >= 15 is 0 Å². The van der Waals surface area contributed by atoms with Crippen molar-refractivity contribution in [3.8, 4) is 0 Å². The number of rotatable bonds is 6. The number of benzene rings is 1. The minimum absolute atomic E-state index is 0.152. The van der Waals surface area contributed by atoms with Gasteiger partial charge in [-0.3, -0.25) is 14.2 Å². The molecule has 1 aliphatic rings. The van der Waals surface area contributed by atoms with Gasteiger partial charge >= 0.3 is 6.18 Å². The van der Waals surface area contributed by atoms with Crippen LogP contribution >= 0.6 is 23.2 Å². The van der Waals surface area contributed by atoms with Gasteiger partial charge in [-0.25, -0.2) is 4.39 Å². The number of hydrogen-bond donors (Lipinski definition) is 1. The fraction of sp³-hybridized carbons (Fsp3) is 0.350. The number of alkyl halides is 3. The van der Waals surface area contributed by atoms with Crippen molar-refractivity contribution in [2.24, 2.45) is 0 Å². The molecule has 1 saturated carbocycles. The van der Waals surface area contributed by atoms with Gasteiger partial charge in [-0.2, -0.15) is 23.4 Å². The van der Waals surface area contributed by atoms with Crippen molar-refractivity contribution in [1.82, 2.24) is 19.6 Å². The molecule has 1 unspecified atom stereocenters. The van der Waals surface area contributed by atoms with Gasteiger partial charge in [0.1, 0.15) is 11.9 Å². The molecule has 1 aromatic carbocycles. The molecule has 1 aliphatic carbocycles. The molecule has 1 amide bonds. The highest BCUT2D eigenvalue weighted by molar-refractivity contribution is 6.32. The minimum Gasteiger partial charge on any atom is -0.307 e. The zero-order valence-corrected chi connectivity index (χ0v) is 18.1. The van der Waals surface area contributed by atoms with Crippen molar-refractivity contribution in [2.45, 2.75) is 44.4 Å². The van der Waals surface area contributed by atoms with E-state index in [0.717, 1.165) is 4.68 Å². The first-order chi connectivity index (χ1) is 15.0. The third-order valence-corrected chi connectivity index (χ3v) is 5.83. The number of carbonyl (C=O) groups excluding carboxylic acids is 1. The lowest BCUT2D eigenvalue weighted by Crippen LogP contribution is -2.26. The number of halogens is 6. The topological polar surface area (TPSA) is 64.7 Å². The highest BCUT2D eigenvalue weighted by atomic mass is 35.5. The summed E-state index contributed by atoms with van der Waals surface area (Å²) in [6, 6.07) is 4.47. The van der Waals surface area contributed by atoms with Gasteiger partial charge in [0, 0.05) is 23.2 Å². The first kappa shape index (κ1) is 22.6. The molecule has 1 atom stereocenters. The molecule has 6 nitrogen and oxygen atoms in total. The minimum atomic E-state index is -4.72. The predicted molar refractivity (Wildman–Crippen MR) is 110 cm³/mol. The molecule has 0 saturated heterocycles. The molecular formula is C20H17Cl2F4N5O. The van der Waals surface area contributed by atoms with Gasteiger partial charge < -0.3 is 5.32 Å². The van der Waals surface area contributed by atoms with Crippen LogP contribution in [0.25, 0.3) is 0 Å². The van der Waals surface area contributed by atoms with E-state index in [1.54, 1.807) is 6.20 Å². The van der Waals surface area contributed by atoms with Crippen LogP contribution < -0.4 is 5.32 Å². The zero-order chi connectivity index (χ0) is 23.2. The fourth-order valence-electron chi connectivity index (χ4n) is 3.31. The predicted octanol–water partition coefficient (Wildman–Crippen LogP) is 5.67. The molecule has 170 valence electrons. The lowest BCUT2D eigenvalue weighted by molar-refractivity contribution is -0.141. The number of hydrogen-bond acceptors (Lipinski definition) is 3. The van der Waals surface area contributed by atoms with E-state index in [9.17, 15) is 22.4 Å². The quantitative estimate of drug-likeness (QED) is 0.453. The molecule has 0 bridgehead atoms. The molecule has 0 radical (unpaired) electrons. The third kappa shape index (κ3) is 4.61. The van der Waals surface area contributed by atoms with Crippen LogP contribution in [0.15, 0.2) is 30.5 Å². The molecule has 1 fully saturated rings. The zero-order valence-electron chi connectivity index (χ0n) is 16.6. The third-order valence-electron chi connectivity index (χ3n) is 5.11. The Labute approximate surface area is 190 Å². The Kier molecular flexibility index (Phi) is 5.93. The van der Waals surface area contributed by atoms with E-state index in [1.807, 2.05) is 0 Å². The smallest absolute Gasteiger partial charge is 0.307 e. The van der Waals surface area contributed by atoms with E-state index in [2.05, 4.69) is 15.5 Å². The first-order valence-electron chi connectivity index (χ1n) is 9.68. The number of nitrogens with one attached hydrogen (secondary N) is 1. The van der Waals surface area contributed by atoms with Crippen molar-refractivity contribution < 1.29 is 22.4 Å². The van der Waals surface area contributed by atoms with Crippen molar-refractivity contribution in [1.29, 1.82) is 0 Å². The Morgan fingerprint density at radius 2 is 1.97 bits per heavy atom. The SMILES string of the molecule is CC(C(=O)Nc1ccn(Cc2ccc(F)cc2Cl)n1)n1nc(C(F)(F)F)c(Cl)c1C1CC1. The summed E-state index contributed by atoms with van der Waals surface area (Å²) in [4.78, 5) is 12.7. The number of carbonyl (C=O) groups is 1. The van der Waals surface area contributed by atoms with Gasteiger partial charge in [0.15, 0.2) is 11.5 Å². The average Bonchev–Trinajstić information content (AvgIpc) is 3.34. The van der Waals surface area contributed by atoms with Crippen molar-refractivity contribution in [2.75, 3.05) is 5.32 Å². The highest BCUT2D eigenvalue weighted by Crippen LogP contribution is 2.47. The molecule has 3 aromatic rings. The molecule has 1 N–H and O–H groups in total. The van der Waals surface area contributed by atoms with Gasteiger partial charge in [0.2, 0.25) is 5.91 Å². The van der Waals surface area contributed by atoms with Gasteiger partial charge in [0.25, 0.3) is 0 Å². The van der Waals surface area contributed by atoms with E-state index in [-0.39, 0.29) is 29.0 Å². The molecule has 4 rings (SSSR count). The Hall–Kier alpha value is -2.59. The maximum Gasteiger partial charge on any atom is 0.436 e. The van der Waals surface area contributed by atoms with Gasteiger partial charge in [0.05, 0.1) is 17.3 Å². The standard InChI is InChI=1S/C20H17Cl2F4N5O/c1-10(31-17(11-2-3-11)16(22)18(29-31)20(24,25)26)19(32)27-15-6-7-30(28-15)9-12-4-5-13(23)8-14(12)21/h4-8,10-11H,2-3,9H2,1H3,(H,27,28,32). The first-order valence-corrected chi connectivity index (χ1v) is 10.4. The van der Waals surface area contributed by atoms with Gasteiger partial charge in [-0.15, -0.1) is 0 Å². The Balaban J connectivity index is 1.50. The number of anilines is 1. The second-order valence-electron chi connectivity index (χ2n) is 7.56. The van der Waals surface area contributed by atoms with E-state index in [0.29, 0.717) is 18.4 Å². The maximum atomic E-state index is 13.3. The van der Waals surface area contributed by atoms with Crippen LogP contribution in [0.4, 0.5) is 23.4 Å². The molecule has 0 spiro atoms. The summed E-state index contributed by atoms with van der Waals surface area (Å²) in [5.41, 5.74) is -0.346. The molecule has 2 heterocycles. The summed E-state index contributed by atoms with van der Waals surface area (Å²) in [5.74, 6) is -1.01. The fourth-order valence-corrected chi connectivity index (χ4v) is 3.92.